The molecule has 0 aromatic heterocycles. The van der Waals surface area contributed by atoms with Gasteiger partial charge in [-0.1, -0.05) is 42.5 Å². The summed E-state index contributed by atoms with van der Waals surface area (Å²) < 4.78 is 31.3. The van der Waals surface area contributed by atoms with Crippen LogP contribution in [0.25, 0.3) is 0 Å². The maximum Gasteiger partial charge on any atom is 0.296 e. The molecule has 0 aliphatic rings. The first kappa shape index (κ1) is 12.6. The Bertz CT molecular complexity index is 651. The van der Waals surface area contributed by atoms with Crippen molar-refractivity contribution in [2.45, 2.75) is 11.3 Å². The van der Waals surface area contributed by atoms with Crippen LogP contribution in [-0.4, -0.2) is 13.0 Å². The zero-order valence-corrected chi connectivity index (χ0v) is 10.4. The minimum atomic E-state index is -4.27. The van der Waals surface area contributed by atoms with Crippen molar-refractivity contribution < 1.29 is 13.0 Å². The molecule has 0 radical (unpaired) electrons. The average molecular weight is 263 g/mol. The second-order valence-electron chi connectivity index (χ2n) is 3.97. The average Bonchev–Trinajstić information content (AvgIpc) is 2.32. The van der Waals surface area contributed by atoms with Gasteiger partial charge in [-0.25, -0.2) is 0 Å². The van der Waals surface area contributed by atoms with Crippen LogP contribution in [0.1, 0.15) is 11.1 Å². The van der Waals surface area contributed by atoms with Gasteiger partial charge in [0, 0.05) is 0 Å². The van der Waals surface area contributed by atoms with Crippen molar-refractivity contribution in [2.75, 3.05) is 5.73 Å². The lowest BCUT2D eigenvalue weighted by molar-refractivity contribution is 0.483. The van der Waals surface area contributed by atoms with Crippen molar-refractivity contribution in [3.8, 4) is 0 Å². The second kappa shape index (κ2) is 4.80. The molecule has 4 nitrogen and oxygen atoms in total. The van der Waals surface area contributed by atoms with E-state index in [0.29, 0.717) is 12.0 Å². The first-order valence-corrected chi connectivity index (χ1v) is 6.81. The van der Waals surface area contributed by atoms with Gasteiger partial charge in [0.1, 0.15) is 4.90 Å². The zero-order chi connectivity index (χ0) is 13.2. The number of para-hydroxylation sites is 1. The van der Waals surface area contributed by atoms with Crippen LogP contribution in [0.15, 0.2) is 53.4 Å². The molecule has 18 heavy (non-hydrogen) atoms. The number of nitrogen functional groups attached to an aromatic ring is 1. The summed E-state index contributed by atoms with van der Waals surface area (Å²) in [7, 11) is -4.27. The van der Waals surface area contributed by atoms with Crippen molar-refractivity contribution in [1.29, 1.82) is 0 Å². The monoisotopic (exact) mass is 263 g/mol. The lowest BCUT2D eigenvalue weighted by atomic mass is 10.0. The predicted molar refractivity (Wildman–Crippen MR) is 69.9 cm³/mol. The van der Waals surface area contributed by atoms with Gasteiger partial charge in [-0.3, -0.25) is 4.55 Å². The van der Waals surface area contributed by atoms with Crippen LogP contribution in [0.5, 0.6) is 0 Å². The highest BCUT2D eigenvalue weighted by molar-refractivity contribution is 7.86. The molecular weight excluding hydrogens is 250 g/mol. The number of rotatable bonds is 3. The van der Waals surface area contributed by atoms with Gasteiger partial charge in [0.15, 0.2) is 0 Å². The number of hydrogen-bond donors (Lipinski definition) is 2. The number of nitrogens with two attached hydrogens (primary N) is 1. The summed E-state index contributed by atoms with van der Waals surface area (Å²) in [6.07, 6.45) is 0.524. The summed E-state index contributed by atoms with van der Waals surface area (Å²) in [6.45, 7) is 0. The van der Waals surface area contributed by atoms with Gasteiger partial charge in [0.2, 0.25) is 0 Å². The molecule has 0 amide bonds. The van der Waals surface area contributed by atoms with Crippen LogP contribution in [0.2, 0.25) is 0 Å². The fraction of sp³-hybridized carbons (Fsp3) is 0.0769. The van der Waals surface area contributed by atoms with Crippen molar-refractivity contribution in [2.24, 2.45) is 0 Å². The summed E-state index contributed by atoms with van der Waals surface area (Å²) in [5.74, 6) is 0. The molecule has 94 valence electrons. The molecule has 0 aliphatic heterocycles. The van der Waals surface area contributed by atoms with Crippen molar-refractivity contribution in [1.82, 2.24) is 0 Å². The Morgan fingerprint density at radius 2 is 1.67 bits per heavy atom. The van der Waals surface area contributed by atoms with Crippen molar-refractivity contribution in [3.05, 3.63) is 59.7 Å². The van der Waals surface area contributed by atoms with E-state index < -0.39 is 10.1 Å². The van der Waals surface area contributed by atoms with E-state index in [-0.39, 0.29) is 10.6 Å². The molecule has 2 aromatic rings. The quantitative estimate of drug-likeness (QED) is 0.656. The third-order valence-electron chi connectivity index (χ3n) is 2.67. The third-order valence-corrected chi connectivity index (χ3v) is 3.58. The zero-order valence-electron chi connectivity index (χ0n) is 9.58. The van der Waals surface area contributed by atoms with E-state index in [0.717, 1.165) is 5.56 Å². The lowest BCUT2D eigenvalue weighted by Gasteiger charge is -2.09. The maximum atomic E-state index is 11.1. The molecule has 2 rings (SSSR count). The minimum absolute atomic E-state index is 0.101. The number of hydrogen-bond acceptors (Lipinski definition) is 3. The Morgan fingerprint density at radius 3 is 2.28 bits per heavy atom. The fourth-order valence-corrected chi connectivity index (χ4v) is 2.44. The van der Waals surface area contributed by atoms with Gasteiger partial charge in [0.25, 0.3) is 10.1 Å². The molecule has 0 spiro atoms. The molecule has 5 heteroatoms. The first-order chi connectivity index (χ1) is 8.48. The molecule has 2 aromatic carbocycles. The standard InChI is InChI=1S/C13H13NO3S/c14-13-11(9-10-5-2-1-3-6-10)7-4-8-12(13)18(15,16)17/h1-8H,9,14H2,(H,15,16,17). The smallest absolute Gasteiger partial charge is 0.296 e. The van der Waals surface area contributed by atoms with E-state index in [2.05, 4.69) is 0 Å². The molecule has 0 unspecified atom stereocenters. The SMILES string of the molecule is Nc1c(Cc2ccccc2)cccc1S(=O)(=O)O. The van der Waals surface area contributed by atoms with E-state index in [1.54, 1.807) is 12.1 Å². The molecule has 3 N–H and O–H groups in total. The van der Waals surface area contributed by atoms with Gasteiger partial charge in [-0.15, -0.1) is 0 Å². The summed E-state index contributed by atoms with van der Waals surface area (Å²) in [5, 5.41) is 0. The Balaban J connectivity index is 2.42. The van der Waals surface area contributed by atoms with Gasteiger partial charge in [0.05, 0.1) is 5.69 Å². The molecule has 0 aliphatic carbocycles. The summed E-state index contributed by atoms with van der Waals surface area (Å²) in [5.41, 5.74) is 7.58. The Kier molecular flexibility index (Phi) is 3.36. The molecular formula is C13H13NO3S. The van der Waals surface area contributed by atoms with Gasteiger partial charge >= 0.3 is 0 Å². The van der Waals surface area contributed by atoms with Gasteiger partial charge < -0.3 is 5.73 Å². The number of benzene rings is 2. The number of anilines is 1. The van der Waals surface area contributed by atoms with Crippen LogP contribution in [-0.2, 0) is 16.5 Å². The van der Waals surface area contributed by atoms with Crippen molar-refractivity contribution >= 4 is 15.8 Å². The molecule has 0 saturated heterocycles. The molecule has 0 atom stereocenters. The lowest BCUT2D eigenvalue weighted by Crippen LogP contribution is -2.06. The summed E-state index contributed by atoms with van der Waals surface area (Å²) in [6, 6.07) is 14.2. The molecule has 0 heterocycles. The van der Waals surface area contributed by atoms with E-state index in [4.69, 9.17) is 10.3 Å². The highest BCUT2D eigenvalue weighted by atomic mass is 32.2. The summed E-state index contributed by atoms with van der Waals surface area (Å²) >= 11 is 0. The highest BCUT2D eigenvalue weighted by Gasteiger charge is 2.15. The summed E-state index contributed by atoms with van der Waals surface area (Å²) in [4.78, 5) is -0.240. The Labute approximate surface area is 106 Å². The van der Waals surface area contributed by atoms with Crippen LogP contribution < -0.4 is 5.73 Å². The molecule has 0 bridgehead atoms. The van der Waals surface area contributed by atoms with Crippen molar-refractivity contribution in [3.63, 3.8) is 0 Å². The van der Waals surface area contributed by atoms with E-state index >= 15 is 0 Å². The third kappa shape index (κ3) is 2.69. The van der Waals surface area contributed by atoms with Gasteiger partial charge in [-0.2, -0.15) is 8.42 Å². The van der Waals surface area contributed by atoms with Crippen LogP contribution in [0.4, 0.5) is 5.69 Å². The first-order valence-electron chi connectivity index (χ1n) is 5.37. The Morgan fingerprint density at radius 1 is 1.00 bits per heavy atom. The molecule has 0 fully saturated rings. The minimum Gasteiger partial charge on any atom is -0.397 e. The second-order valence-corrected chi connectivity index (χ2v) is 5.36. The van der Waals surface area contributed by atoms with E-state index in [1.165, 1.54) is 6.07 Å². The highest BCUT2D eigenvalue weighted by Crippen LogP contribution is 2.24. The normalized spacial score (nSPS) is 11.4. The largest absolute Gasteiger partial charge is 0.397 e. The van der Waals surface area contributed by atoms with Crippen LogP contribution in [0, 0.1) is 0 Å². The van der Waals surface area contributed by atoms with E-state index in [9.17, 15) is 8.42 Å². The Hall–Kier alpha value is -1.85. The van der Waals surface area contributed by atoms with Crippen LogP contribution >= 0.6 is 0 Å². The van der Waals surface area contributed by atoms with Gasteiger partial charge in [-0.05, 0) is 23.6 Å². The fourth-order valence-electron chi connectivity index (χ4n) is 1.78. The topological polar surface area (TPSA) is 80.4 Å². The predicted octanol–water partition coefficient (Wildman–Crippen LogP) is 2.11. The maximum absolute atomic E-state index is 11.1. The van der Waals surface area contributed by atoms with E-state index in [1.807, 2.05) is 30.3 Å². The molecule has 0 saturated carbocycles. The van der Waals surface area contributed by atoms with Crippen LogP contribution in [0.3, 0.4) is 0 Å².